The van der Waals surface area contributed by atoms with E-state index in [1.807, 2.05) is 35.2 Å². The molecule has 2 aliphatic heterocycles. The van der Waals surface area contributed by atoms with Crippen molar-refractivity contribution in [3.63, 3.8) is 0 Å². The Morgan fingerprint density at radius 1 is 1.10 bits per heavy atom. The zero-order valence-corrected chi connectivity index (χ0v) is 17.5. The SMILES string of the molecule is O=C(COCc1ccccc1)N1CCC(=O)N(Cc2ccc(F)cc2)C2(CCOC2)C1. The van der Waals surface area contributed by atoms with Crippen LogP contribution < -0.4 is 0 Å². The van der Waals surface area contributed by atoms with E-state index in [0.29, 0.717) is 45.9 Å². The molecular weight excluding hydrogens is 399 g/mol. The third-order valence-electron chi connectivity index (χ3n) is 5.98. The Balaban J connectivity index is 1.44. The van der Waals surface area contributed by atoms with Gasteiger partial charge in [0, 0.05) is 32.7 Å². The third-order valence-corrected chi connectivity index (χ3v) is 5.98. The molecule has 2 fully saturated rings. The Labute approximate surface area is 181 Å². The molecular formula is C24H27FN2O4. The number of ether oxygens (including phenoxy) is 2. The summed E-state index contributed by atoms with van der Waals surface area (Å²) in [6, 6.07) is 15.9. The molecule has 31 heavy (non-hydrogen) atoms. The number of halogens is 1. The van der Waals surface area contributed by atoms with Crippen molar-refractivity contribution in [3.05, 3.63) is 71.5 Å². The highest BCUT2D eigenvalue weighted by Gasteiger charge is 2.46. The molecule has 164 valence electrons. The lowest BCUT2D eigenvalue weighted by molar-refractivity contribution is -0.140. The van der Waals surface area contributed by atoms with Gasteiger partial charge < -0.3 is 19.3 Å². The molecule has 0 radical (unpaired) electrons. The van der Waals surface area contributed by atoms with E-state index >= 15 is 0 Å². The lowest BCUT2D eigenvalue weighted by Crippen LogP contribution is -2.56. The van der Waals surface area contributed by atoms with Crippen LogP contribution in [0.2, 0.25) is 0 Å². The Hall–Kier alpha value is -2.77. The molecule has 7 heteroatoms. The average Bonchev–Trinajstić information content (AvgIpc) is 3.20. The van der Waals surface area contributed by atoms with Crippen LogP contribution in [0.15, 0.2) is 54.6 Å². The maximum absolute atomic E-state index is 13.3. The van der Waals surface area contributed by atoms with Crippen molar-refractivity contribution in [2.24, 2.45) is 0 Å². The predicted octanol–water partition coefficient (Wildman–Crippen LogP) is 2.76. The van der Waals surface area contributed by atoms with Gasteiger partial charge in [0.25, 0.3) is 0 Å². The molecule has 2 saturated heterocycles. The number of carbonyl (C=O) groups is 2. The lowest BCUT2D eigenvalue weighted by Gasteiger charge is -2.40. The standard InChI is InChI=1S/C24H27FN2O4/c25-21-8-6-19(7-9-21)14-27-22(28)10-12-26(17-24(27)11-13-30-18-24)23(29)16-31-15-20-4-2-1-3-5-20/h1-9H,10-18H2. The van der Waals surface area contributed by atoms with Gasteiger partial charge in [-0.05, 0) is 29.7 Å². The fraction of sp³-hybridized carbons (Fsp3) is 0.417. The summed E-state index contributed by atoms with van der Waals surface area (Å²) in [5.74, 6) is -0.453. The number of nitrogens with zero attached hydrogens (tertiary/aromatic N) is 2. The molecule has 1 spiro atoms. The van der Waals surface area contributed by atoms with Crippen molar-refractivity contribution < 1.29 is 23.5 Å². The average molecular weight is 426 g/mol. The monoisotopic (exact) mass is 426 g/mol. The molecule has 6 nitrogen and oxygen atoms in total. The normalized spacial score (nSPS) is 21.5. The first-order valence-corrected chi connectivity index (χ1v) is 10.6. The summed E-state index contributed by atoms with van der Waals surface area (Å²) in [4.78, 5) is 29.5. The maximum Gasteiger partial charge on any atom is 0.248 e. The molecule has 2 aromatic rings. The molecule has 2 amide bonds. The van der Waals surface area contributed by atoms with E-state index in [2.05, 4.69) is 0 Å². The van der Waals surface area contributed by atoms with Gasteiger partial charge in [0.1, 0.15) is 12.4 Å². The van der Waals surface area contributed by atoms with E-state index in [0.717, 1.165) is 11.1 Å². The van der Waals surface area contributed by atoms with E-state index in [1.54, 1.807) is 17.0 Å². The van der Waals surface area contributed by atoms with Gasteiger partial charge in [0.05, 0.1) is 18.8 Å². The Kier molecular flexibility index (Phi) is 6.63. The van der Waals surface area contributed by atoms with Crippen LogP contribution in [0.4, 0.5) is 4.39 Å². The quantitative estimate of drug-likeness (QED) is 0.713. The number of hydrogen-bond donors (Lipinski definition) is 0. The van der Waals surface area contributed by atoms with Gasteiger partial charge in [0.2, 0.25) is 11.8 Å². The summed E-state index contributed by atoms with van der Waals surface area (Å²) in [5.41, 5.74) is 1.29. The molecule has 0 saturated carbocycles. The summed E-state index contributed by atoms with van der Waals surface area (Å²) < 4.78 is 24.6. The van der Waals surface area contributed by atoms with E-state index in [9.17, 15) is 14.0 Å². The van der Waals surface area contributed by atoms with Crippen LogP contribution >= 0.6 is 0 Å². The topological polar surface area (TPSA) is 59.1 Å². The largest absolute Gasteiger partial charge is 0.379 e. The molecule has 2 aliphatic rings. The molecule has 0 N–H and O–H groups in total. The van der Waals surface area contributed by atoms with Crippen LogP contribution in [0.25, 0.3) is 0 Å². The summed E-state index contributed by atoms with van der Waals surface area (Å²) in [7, 11) is 0. The first kappa shape index (κ1) is 21.5. The molecule has 2 heterocycles. The van der Waals surface area contributed by atoms with Gasteiger partial charge in [-0.3, -0.25) is 9.59 Å². The fourth-order valence-electron chi connectivity index (χ4n) is 4.25. The van der Waals surface area contributed by atoms with Crippen LogP contribution in [0.3, 0.4) is 0 Å². The van der Waals surface area contributed by atoms with Gasteiger partial charge in [-0.15, -0.1) is 0 Å². The summed E-state index contributed by atoms with van der Waals surface area (Å²) in [5, 5.41) is 0. The zero-order chi connectivity index (χ0) is 21.7. The van der Waals surface area contributed by atoms with Crippen LogP contribution in [-0.4, -0.2) is 60.1 Å². The smallest absolute Gasteiger partial charge is 0.248 e. The molecule has 1 unspecified atom stereocenters. The van der Waals surface area contributed by atoms with Gasteiger partial charge >= 0.3 is 0 Å². The van der Waals surface area contributed by atoms with Gasteiger partial charge in [-0.25, -0.2) is 4.39 Å². The zero-order valence-electron chi connectivity index (χ0n) is 17.5. The molecule has 1 atom stereocenters. The van der Waals surface area contributed by atoms with Crippen LogP contribution in [0.5, 0.6) is 0 Å². The van der Waals surface area contributed by atoms with Crippen LogP contribution in [-0.2, 0) is 32.2 Å². The number of hydrogen-bond acceptors (Lipinski definition) is 4. The second-order valence-corrected chi connectivity index (χ2v) is 8.18. The van der Waals surface area contributed by atoms with E-state index in [1.165, 1.54) is 12.1 Å². The van der Waals surface area contributed by atoms with E-state index in [-0.39, 0.29) is 30.7 Å². The summed E-state index contributed by atoms with van der Waals surface area (Å²) in [6.45, 7) is 2.40. The highest BCUT2D eigenvalue weighted by Crippen LogP contribution is 2.32. The van der Waals surface area contributed by atoms with Gasteiger partial charge in [-0.1, -0.05) is 42.5 Å². The highest BCUT2D eigenvalue weighted by atomic mass is 19.1. The van der Waals surface area contributed by atoms with E-state index < -0.39 is 5.54 Å². The molecule has 4 rings (SSSR count). The first-order valence-electron chi connectivity index (χ1n) is 10.6. The number of benzene rings is 2. The number of amides is 2. The van der Waals surface area contributed by atoms with Crippen LogP contribution in [0, 0.1) is 5.82 Å². The van der Waals surface area contributed by atoms with Crippen molar-refractivity contribution in [2.75, 3.05) is 32.9 Å². The first-order chi connectivity index (χ1) is 15.1. The van der Waals surface area contributed by atoms with Crippen molar-refractivity contribution in [3.8, 4) is 0 Å². The van der Waals surface area contributed by atoms with Crippen molar-refractivity contribution in [1.29, 1.82) is 0 Å². The summed E-state index contributed by atoms with van der Waals surface area (Å²) >= 11 is 0. The molecule has 0 aliphatic carbocycles. The number of carbonyl (C=O) groups excluding carboxylic acids is 2. The van der Waals surface area contributed by atoms with Crippen molar-refractivity contribution in [1.82, 2.24) is 9.80 Å². The molecule has 2 aromatic carbocycles. The van der Waals surface area contributed by atoms with Crippen molar-refractivity contribution >= 4 is 11.8 Å². The maximum atomic E-state index is 13.3. The Bertz CT molecular complexity index is 898. The number of rotatable bonds is 6. The minimum atomic E-state index is -0.572. The molecule has 0 bridgehead atoms. The lowest BCUT2D eigenvalue weighted by atomic mass is 9.94. The Morgan fingerprint density at radius 2 is 1.87 bits per heavy atom. The summed E-state index contributed by atoms with van der Waals surface area (Å²) in [6.07, 6.45) is 0.905. The minimum Gasteiger partial charge on any atom is -0.379 e. The van der Waals surface area contributed by atoms with E-state index in [4.69, 9.17) is 9.47 Å². The van der Waals surface area contributed by atoms with Gasteiger partial charge in [-0.2, -0.15) is 0 Å². The highest BCUT2D eigenvalue weighted by molar-refractivity contribution is 5.82. The van der Waals surface area contributed by atoms with Crippen molar-refractivity contribution in [2.45, 2.75) is 31.5 Å². The second kappa shape index (κ2) is 9.58. The fourth-order valence-corrected chi connectivity index (χ4v) is 4.25. The van der Waals surface area contributed by atoms with Gasteiger partial charge in [0.15, 0.2) is 0 Å². The third kappa shape index (κ3) is 5.11. The minimum absolute atomic E-state index is 0.0182. The Morgan fingerprint density at radius 3 is 2.58 bits per heavy atom. The second-order valence-electron chi connectivity index (χ2n) is 8.18. The van der Waals surface area contributed by atoms with Crippen LogP contribution in [0.1, 0.15) is 24.0 Å². The molecule has 0 aromatic heterocycles. The predicted molar refractivity (Wildman–Crippen MR) is 112 cm³/mol.